The summed E-state index contributed by atoms with van der Waals surface area (Å²) in [5.74, 6) is -0.973. The van der Waals surface area contributed by atoms with Gasteiger partial charge in [-0.15, -0.1) is 0 Å². The van der Waals surface area contributed by atoms with Crippen LogP contribution in [0, 0.1) is 17.0 Å². The molecule has 0 radical (unpaired) electrons. The molecule has 0 spiro atoms. The lowest BCUT2D eigenvalue weighted by Crippen LogP contribution is -2.09. The molecule has 2 aromatic rings. The van der Waals surface area contributed by atoms with E-state index in [0.29, 0.717) is 6.54 Å². The molecule has 0 atom stereocenters. The van der Waals surface area contributed by atoms with Crippen molar-refractivity contribution in [3.63, 3.8) is 0 Å². The number of aryl methyl sites for hydroxylation is 2. The number of carboxylic acid groups (broad SMARTS) is 1. The average molecular weight is 279 g/mol. The van der Waals surface area contributed by atoms with E-state index >= 15 is 0 Å². The number of hydrogen-bond donors (Lipinski definition) is 1. The highest BCUT2D eigenvalue weighted by Gasteiger charge is 2.27. The molecule has 1 N–H and O–H groups in total. The summed E-state index contributed by atoms with van der Waals surface area (Å²) in [4.78, 5) is 21.5. The Kier molecular flexibility index (Phi) is 3.51. The molecule has 2 heterocycles. The minimum absolute atomic E-state index is 0.0406. The Morgan fingerprint density at radius 3 is 2.75 bits per heavy atom. The number of carboxylic acids is 1. The minimum Gasteiger partial charge on any atom is -0.478 e. The molecule has 2 aromatic heterocycles. The first kappa shape index (κ1) is 13.7. The van der Waals surface area contributed by atoms with E-state index in [1.54, 1.807) is 0 Å². The Bertz CT molecular complexity index is 672. The maximum absolute atomic E-state index is 11.2. The van der Waals surface area contributed by atoms with Gasteiger partial charge in [-0.1, -0.05) is 6.92 Å². The van der Waals surface area contributed by atoms with Gasteiger partial charge < -0.3 is 5.11 Å². The maximum atomic E-state index is 11.2. The van der Waals surface area contributed by atoms with Crippen LogP contribution < -0.4 is 0 Å². The molecule has 0 unspecified atom stereocenters. The second kappa shape index (κ2) is 5.11. The Balaban J connectivity index is 2.62. The average Bonchev–Trinajstić information content (AvgIpc) is 2.93. The Morgan fingerprint density at radius 1 is 1.55 bits per heavy atom. The summed E-state index contributed by atoms with van der Waals surface area (Å²) < 4.78 is 2.64. The third-order valence-corrected chi connectivity index (χ3v) is 2.73. The first-order valence-electron chi connectivity index (χ1n) is 5.95. The van der Waals surface area contributed by atoms with Gasteiger partial charge in [-0.25, -0.2) is 14.2 Å². The molecule has 9 nitrogen and oxygen atoms in total. The van der Waals surface area contributed by atoms with Crippen molar-refractivity contribution in [1.29, 1.82) is 0 Å². The monoisotopic (exact) mass is 279 g/mol. The van der Waals surface area contributed by atoms with Gasteiger partial charge >= 0.3 is 11.7 Å². The lowest BCUT2D eigenvalue weighted by atomic mass is 10.3. The number of carbonyl (C=O) groups is 1. The molecule has 0 amide bonds. The fraction of sp³-hybridized carbons (Fsp3) is 0.364. The first-order chi connectivity index (χ1) is 9.45. The van der Waals surface area contributed by atoms with E-state index in [9.17, 15) is 14.9 Å². The van der Waals surface area contributed by atoms with E-state index in [4.69, 9.17) is 5.11 Å². The second-order valence-corrected chi connectivity index (χ2v) is 4.22. The molecule has 2 rings (SSSR count). The number of nitro groups is 1. The van der Waals surface area contributed by atoms with Crippen LogP contribution in [-0.2, 0) is 6.54 Å². The SMILES string of the molecule is CCCn1nc(C)c([N+](=O)[O-])c1-n1cc(C(=O)O)cn1. The number of aromatic nitrogens is 4. The summed E-state index contributed by atoms with van der Waals surface area (Å²) in [5, 5.41) is 28.1. The third kappa shape index (κ3) is 2.25. The molecule has 20 heavy (non-hydrogen) atoms. The van der Waals surface area contributed by atoms with Crippen LogP contribution in [-0.4, -0.2) is 35.6 Å². The summed E-state index contributed by atoms with van der Waals surface area (Å²) in [6.07, 6.45) is 3.11. The van der Waals surface area contributed by atoms with Crippen LogP contribution in [0.25, 0.3) is 5.82 Å². The van der Waals surface area contributed by atoms with Crippen molar-refractivity contribution in [2.24, 2.45) is 0 Å². The molecule has 0 aromatic carbocycles. The van der Waals surface area contributed by atoms with Crippen molar-refractivity contribution in [3.05, 3.63) is 33.8 Å². The largest absolute Gasteiger partial charge is 0.478 e. The molecule has 0 saturated carbocycles. The summed E-state index contributed by atoms with van der Waals surface area (Å²) in [6.45, 7) is 3.93. The molecular formula is C11H13N5O4. The summed E-state index contributed by atoms with van der Waals surface area (Å²) in [7, 11) is 0. The molecule has 0 aliphatic rings. The van der Waals surface area contributed by atoms with Crippen LogP contribution >= 0.6 is 0 Å². The van der Waals surface area contributed by atoms with Gasteiger partial charge in [0.05, 0.1) is 16.7 Å². The second-order valence-electron chi connectivity index (χ2n) is 4.22. The van der Waals surface area contributed by atoms with Crippen molar-refractivity contribution in [2.75, 3.05) is 0 Å². The van der Waals surface area contributed by atoms with Gasteiger partial charge in [-0.2, -0.15) is 10.2 Å². The highest BCUT2D eigenvalue weighted by molar-refractivity contribution is 5.87. The number of rotatable bonds is 5. The molecule has 106 valence electrons. The predicted molar refractivity (Wildman–Crippen MR) is 68.0 cm³/mol. The van der Waals surface area contributed by atoms with Crippen molar-refractivity contribution >= 4 is 11.7 Å². The van der Waals surface area contributed by atoms with Crippen LogP contribution in [0.5, 0.6) is 0 Å². The van der Waals surface area contributed by atoms with Gasteiger partial charge in [0.1, 0.15) is 5.69 Å². The van der Waals surface area contributed by atoms with Gasteiger partial charge in [0, 0.05) is 12.7 Å². The zero-order valence-electron chi connectivity index (χ0n) is 11.0. The zero-order chi connectivity index (χ0) is 14.9. The van der Waals surface area contributed by atoms with Gasteiger partial charge in [-0.05, 0) is 13.3 Å². The number of aromatic carboxylic acids is 1. The zero-order valence-corrected chi connectivity index (χ0v) is 11.0. The predicted octanol–water partition coefficient (Wildman–Crippen LogP) is 1.39. The van der Waals surface area contributed by atoms with Crippen molar-refractivity contribution in [3.8, 4) is 5.82 Å². The Morgan fingerprint density at radius 2 is 2.25 bits per heavy atom. The Hall–Kier alpha value is -2.71. The van der Waals surface area contributed by atoms with Crippen LogP contribution in [0.15, 0.2) is 12.4 Å². The van der Waals surface area contributed by atoms with Crippen LogP contribution in [0.1, 0.15) is 29.4 Å². The van der Waals surface area contributed by atoms with E-state index in [1.807, 2.05) is 6.92 Å². The normalized spacial score (nSPS) is 10.7. The first-order valence-corrected chi connectivity index (χ1v) is 5.95. The van der Waals surface area contributed by atoms with Crippen molar-refractivity contribution in [1.82, 2.24) is 19.6 Å². The molecule has 0 aliphatic carbocycles. The lowest BCUT2D eigenvalue weighted by molar-refractivity contribution is -0.385. The maximum Gasteiger partial charge on any atom is 0.338 e. The van der Waals surface area contributed by atoms with Gasteiger partial charge in [-0.3, -0.25) is 10.1 Å². The van der Waals surface area contributed by atoms with Gasteiger partial charge in [0.25, 0.3) is 0 Å². The molecule has 9 heteroatoms. The molecular weight excluding hydrogens is 266 g/mol. The highest BCUT2D eigenvalue weighted by atomic mass is 16.6. The van der Waals surface area contributed by atoms with Crippen molar-refractivity contribution < 1.29 is 14.8 Å². The summed E-state index contributed by atoms with van der Waals surface area (Å²) >= 11 is 0. The number of hydrogen-bond acceptors (Lipinski definition) is 5. The van der Waals surface area contributed by atoms with E-state index < -0.39 is 10.9 Å². The standard InChI is InChI=1S/C11H13N5O4/c1-3-4-14-10(9(16(19)20)7(2)13-14)15-6-8(5-12-15)11(17)18/h5-6H,3-4H2,1-2H3,(H,17,18). The Labute approximate surface area is 113 Å². The topological polar surface area (TPSA) is 116 Å². The van der Waals surface area contributed by atoms with Gasteiger partial charge in [0.15, 0.2) is 0 Å². The van der Waals surface area contributed by atoms with E-state index in [2.05, 4.69) is 10.2 Å². The van der Waals surface area contributed by atoms with Crippen LogP contribution in [0.3, 0.4) is 0 Å². The van der Waals surface area contributed by atoms with E-state index in [-0.39, 0.29) is 22.8 Å². The fourth-order valence-corrected chi connectivity index (χ4v) is 1.92. The van der Waals surface area contributed by atoms with E-state index in [0.717, 1.165) is 12.6 Å². The molecule has 0 saturated heterocycles. The van der Waals surface area contributed by atoms with Crippen molar-refractivity contribution in [2.45, 2.75) is 26.8 Å². The summed E-state index contributed by atoms with van der Waals surface area (Å²) in [5.41, 5.74) is 0.0607. The van der Waals surface area contributed by atoms with Gasteiger partial charge in [0.2, 0.25) is 5.82 Å². The van der Waals surface area contributed by atoms with E-state index in [1.165, 1.54) is 22.5 Å². The quantitative estimate of drug-likeness (QED) is 0.653. The lowest BCUT2D eigenvalue weighted by Gasteiger charge is -2.04. The molecule has 0 fully saturated rings. The van der Waals surface area contributed by atoms with Crippen LogP contribution in [0.2, 0.25) is 0 Å². The third-order valence-electron chi connectivity index (χ3n) is 2.73. The minimum atomic E-state index is -1.14. The highest BCUT2D eigenvalue weighted by Crippen LogP contribution is 2.26. The van der Waals surface area contributed by atoms with Crippen LogP contribution in [0.4, 0.5) is 5.69 Å². The smallest absolute Gasteiger partial charge is 0.338 e. The molecule has 0 bridgehead atoms. The summed E-state index contributed by atoms with van der Waals surface area (Å²) in [6, 6.07) is 0. The molecule has 0 aliphatic heterocycles. The number of nitrogens with zero attached hydrogens (tertiary/aromatic N) is 5. The fourth-order valence-electron chi connectivity index (χ4n) is 1.92.